The number of hydrogen-bond acceptors (Lipinski definition) is 2. The van der Waals surface area contributed by atoms with E-state index in [0.717, 1.165) is 12.8 Å². The molecular weight excluding hydrogens is 190 g/mol. The van der Waals surface area contributed by atoms with Crippen LogP contribution in [0.25, 0.3) is 0 Å². The molecule has 1 fully saturated rings. The van der Waals surface area contributed by atoms with Crippen molar-refractivity contribution in [3.8, 4) is 0 Å². The van der Waals surface area contributed by atoms with Crippen LogP contribution in [0.15, 0.2) is 0 Å². The summed E-state index contributed by atoms with van der Waals surface area (Å²) in [4.78, 5) is 11.0. The Balaban J connectivity index is 2.38. The minimum atomic E-state index is -0.707. The lowest BCUT2D eigenvalue weighted by Gasteiger charge is -2.24. The average molecular weight is 213 g/mol. The molecule has 1 unspecified atom stereocenters. The van der Waals surface area contributed by atoms with Crippen LogP contribution in [-0.2, 0) is 4.79 Å². The maximum absolute atomic E-state index is 11.0. The Morgan fingerprint density at radius 3 is 2.53 bits per heavy atom. The predicted octanol–water partition coefficient (Wildman–Crippen LogP) is 2.41. The SMILES string of the molecule is CCCC(N[C@H](C)C1CCCC1)C(=O)O. The van der Waals surface area contributed by atoms with Gasteiger partial charge in [-0.05, 0) is 32.1 Å². The molecule has 0 aromatic heterocycles. The van der Waals surface area contributed by atoms with Crippen LogP contribution in [0.4, 0.5) is 0 Å². The maximum atomic E-state index is 11.0. The lowest BCUT2D eigenvalue weighted by molar-refractivity contribution is -0.140. The van der Waals surface area contributed by atoms with E-state index in [1.54, 1.807) is 0 Å². The van der Waals surface area contributed by atoms with Gasteiger partial charge in [-0.2, -0.15) is 0 Å². The largest absolute Gasteiger partial charge is 0.480 e. The zero-order valence-electron chi connectivity index (χ0n) is 9.83. The highest BCUT2D eigenvalue weighted by atomic mass is 16.4. The Labute approximate surface area is 92.3 Å². The van der Waals surface area contributed by atoms with Gasteiger partial charge in [0.05, 0.1) is 0 Å². The van der Waals surface area contributed by atoms with Crippen molar-refractivity contribution >= 4 is 5.97 Å². The van der Waals surface area contributed by atoms with Crippen molar-refractivity contribution < 1.29 is 9.90 Å². The molecule has 1 aliphatic rings. The van der Waals surface area contributed by atoms with Crippen LogP contribution in [-0.4, -0.2) is 23.2 Å². The number of nitrogens with one attached hydrogen (secondary N) is 1. The minimum Gasteiger partial charge on any atom is -0.480 e. The lowest BCUT2D eigenvalue weighted by Crippen LogP contribution is -2.44. The summed E-state index contributed by atoms with van der Waals surface area (Å²) in [5.41, 5.74) is 0. The highest BCUT2D eigenvalue weighted by Gasteiger charge is 2.25. The van der Waals surface area contributed by atoms with E-state index < -0.39 is 5.97 Å². The first-order valence-corrected chi connectivity index (χ1v) is 6.14. The fourth-order valence-electron chi connectivity index (χ4n) is 2.48. The van der Waals surface area contributed by atoms with Crippen LogP contribution in [0.2, 0.25) is 0 Å². The molecule has 2 N–H and O–H groups in total. The predicted molar refractivity (Wildman–Crippen MR) is 60.9 cm³/mol. The second-order valence-corrected chi connectivity index (χ2v) is 4.68. The van der Waals surface area contributed by atoms with Gasteiger partial charge in [0.25, 0.3) is 0 Å². The first-order chi connectivity index (χ1) is 7.15. The first-order valence-electron chi connectivity index (χ1n) is 6.14. The van der Waals surface area contributed by atoms with E-state index in [4.69, 9.17) is 5.11 Å². The average Bonchev–Trinajstić information content (AvgIpc) is 2.69. The van der Waals surface area contributed by atoms with E-state index in [0.29, 0.717) is 12.0 Å². The molecule has 3 heteroatoms. The Hall–Kier alpha value is -0.570. The van der Waals surface area contributed by atoms with Crippen molar-refractivity contribution in [2.75, 3.05) is 0 Å². The van der Waals surface area contributed by atoms with Gasteiger partial charge in [0, 0.05) is 6.04 Å². The summed E-state index contributed by atoms with van der Waals surface area (Å²) in [5.74, 6) is -0.0228. The van der Waals surface area contributed by atoms with Crippen molar-refractivity contribution in [2.45, 2.75) is 64.5 Å². The molecule has 0 aromatic rings. The summed E-state index contributed by atoms with van der Waals surface area (Å²) in [6.07, 6.45) is 6.78. The van der Waals surface area contributed by atoms with Crippen LogP contribution in [0.3, 0.4) is 0 Å². The summed E-state index contributed by atoms with van der Waals surface area (Å²) in [6.45, 7) is 4.15. The van der Waals surface area contributed by atoms with Crippen LogP contribution < -0.4 is 5.32 Å². The first kappa shape index (κ1) is 12.5. The molecule has 88 valence electrons. The minimum absolute atomic E-state index is 0.347. The van der Waals surface area contributed by atoms with Gasteiger partial charge >= 0.3 is 5.97 Å². The topological polar surface area (TPSA) is 49.3 Å². The molecule has 1 aliphatic carbocycles. The number of carboxylic acids is 1. The Morgan fingerprint density at radius 2 is 2.07 bits per heavy atom. The Kier molecular flexibility index (Phi) is 5.09. The van der Waals surface area contributed by atoms with Gasteiger partial charge in [0.2, 0.25) is 0 Å². The van der Waals surface area contributed by atoms with Crippen molar-refractivity contribution in [3.63, 3.8) is 0 Å². The number of carboxylic acid groups (broad SMARTS) is 1. The Morgan fingerprint density at radius 1 is 1.47 bits per heavy atom. The quantitative estimate of drug-likeness (QED) is 0.712. The van der Waals surface area contributed by atoms with Crippen LogP contribution >= 0.6 is 0 Å². The molecular formula is C12H23NO2. The maximum Gasteiger partial charge on any atom is 0.320 e. The third-order valence-corrected chi connectivity index (χ3v) is 3.45. The molecule has 0 saturated heterocycles. The van der Waals surface area contributed by atoms with E-state index in [9.17, 15) is 4.79 Å². The fraction of sp³-hybridized carbons (Fsp3) is 0.917. The molecule has 0 heterocycles. The van der Waals surface area contributed by atoms with Gasteiger partial charge in [-0.25, -0.2) is 0 Å². The summed E-state index contributed by atoms with van der Waals surface area (Å²) >= 11 is 0. The summed E-state index contributed by atoms with van der Waals surface area (Å²) in [5, 5.41) is 12.3. The second-order valence-electron chi connectivity index (χ2n) is 4.68. The van der Waals surface area contributed by atoms with E-state index in [-0.39, 0.29) is 6.04 Å². The number of hydrogen-bond donors (Lipinski definition) is 2. The standard InChI is InChI=1S/C12H23NO2/c1-3-6-11(12(14)15)13-9(2)10-7-4-5-8-10/h9-11,13H,3-8H2,1-2H3,(H,14,15)/t9-,11?/m1/s1. The molecule has 0 amide bonds. The zero-order chi connectivity index (χ0) is 11.3. The van der Waals surface area contributed by atoms with Crippen molar-refractivity contribution in [1.82, 2.24) is 5.32 Å². The van der Waals surface area contributed by atoms with Gasteiger partial charge < -0.3 is 10.4 Å². The summed E-state index contributed by atoms with van der Waals surface area (Å²) in [6, 6.07) is -0.00856. The summed E-state index contributed by atoms with van der Waals surface area (Å²) in [7, 11) is 0. The van der Waals surface area contributed by atoms with E-state index in [1.807, 2.05) is 6.92 Å². The number of carbonyl (C=O) groups is 1. The monoisotopic (exact) mass is 213 g/mol. The second kappa shape index (κ2) is 6.11. The van der Waals surface area contributed by atoms with Gasteiger partial charge in [-0.3, -0.25) is 4.79 Å². The molecule has 0 spiro atoms. The molecule has 0 bridgehead atoms. The van der Waals surface area contributed by atoms with Crippen molar-refractivity contribution in [1.29, 1.82) is 0 Å². The van der Waals surface area contributed by atoms with Crippen molar-refractivity contribution in [3.05, 3.63) is 0 Å². The van der Waals surface area contributed by atoms with Crippen LogP contribution in [0.5, 0.6) is 0 Å². The molecule has 1 saturated carbocycles. The normalized spacial score (nSPS) is 21.5. The third kappa shape index (κ3) is 3.82. The molecule has 1 rings (SSSR count). The number of rotatable bonds is 6. The Bertz CT molecular complexity index is 200. The fourth-order valence-corrected chi connectivity index (χ4v) is 2.48. The van der Waals surface area contributed by atoms with Crippen LogP contribution in [0, 0.1) is 5.92 Å². The van der Waals surface area contributed by atoms with Gasteiger partial charge in [-0.1, -0.05) is 26.2 Å². The zero-order valence-corrected chi connectivity index (χ0v) is 9.83. The smallest absolute Gasteiger partial charge is 0.320 e. The third-order valence-electron chi connectivity index (χ3n) is 3.45. The molecule has 2 atom stereocenters. The number of aliphatic carboxylic acids is 1. The summed E-state index contributed by atoms with van der Waals surface area (Å²) < 4.78 is 0. The van der Waals surface area contributed by atoms with Gasteiger partial charge in [0.1, 0.15) is 6.04 Å². The molecule has 3 nitrogen and oxygen atoms in total. The highest BCUT2D eigenvalue weighted by Crippen LogP contribution is 2.27. The van der Waals surface area contributed by atoms with E-state index in [2.05, 4.69) is 12.2 Å². The van der Waals surface area contributed by atoms with E-state index >= 15 is 0 Å². The molecule has 15 heavy (non-hydrogen) atoms. The van der Waals surface area contributed by atoms with E-state index in [1.165, 1.54) is 25.7 Å². The van der Waals surface area contributed by atoms with Crippen molar-refractivity contribution in [2.24, 2.45) is 5.92 Å². The lowest BCUT2D eigenvalue weighted by atomic mass is 9.98. The van der Waals surface area contributed by atoms with Crippen LogP contribution in [0.1, 0.15) is 52.4 Å². The molecule has 0 radical (unpaired) electrons. The molecule has 0 aliphatic heterocycles. The van der Waals surface area contributed by atoms with Gasteiger partial charge in [-0.15, -0.1) is 0 Å². The highest BCUT2D eigenvalue weighted by molar-refractivity contribution is 5.73. The van der Waals surface area contributed by atoms with Gasteiger partial charge in [0.15, 0.2) is 0 Å². The molecule has 0 aromatic carbocycles.